The van der Waals surface area contributed by atoms with E-state index in [1.54, 1.807) is 0 Å². The molecule has 0 spiro atoms. The van der Waals surface area contributed by atoms with Crippen LogP contribution in [0, 0.1) is 5.92 Å². The topological polar surface area (TPSA) is 52.6 Å². The van der Waals surface area contributed by atoms with Crippen molar-refractivity contribution in [2.75, 3.05) is 26.2 Å². The van der Waals surface area contributed by atoms with E-state index in [4.69, 9.17) is 0 Å². The number of aliphatic carboxylic acids is 1. The number of carboxylic acid groups (broad SMARTS) is 1. The molecule has 0 radical (unpaired) electrons. The van der Waals surface area contributed by atoms with Crippen molar-refractivity contribution in [1.82, 2.24) is 10.2 Å². The van der Waals surface area contributed by atoms with Gasteiger partial charge in [0.15, 0.2) is 0 Å². The average Bonchev–Trinajstić information content (AvgIpc) is 3.07. The summed E-state index contributed by atoms with van der Waals surface area (Å²) in [4.78, 5) is 13.5. The molecule has 4 heteroatoms. The van der Waals surface area contributed by atoms with Crippen LogP contribution in [0.5, 0.6) is 0 Å². The van der Waals surface area contributed by atoms with Gasteiger partial charge < -0.3 is 15.3 Å². The van der Waals surface area contributed by atoms with Gasteiger partial charge in [0, 0.05) is 13.1 Å². The van der Waals surface area contributed by atoms with Crippen molar-refractivity contribution in [3.63, 3.8) is 0 Å². The lowest BCUT2D eigenvalue weighted by atomic mass is 10.2. The van der Waals surface area contributed by atoms with Crippen LogP contribution in [0.25, 0.3) is 0 Å². The Morgan fingerprint density at radius 1 is 1.41 bits per heavy atom. The fourth-order valence-electron chi connectivity index (χ4n) is 2.05. The van der Waals surface area contributed by atoms with Gasteiger partial charge in [-0.3, -0.25) is 4.79 Å². The zero-order valence-corrected chi connectivity index (χ0v) is 11.1. The maximum Gasteiger partial charge on any atom is 0.322 e. The Labute approximate surface area is 104 Å². The number of carboxylic acids is 1. The summed E-state index contributed by atoms with van der Waals surface area (Å²) in [6, 6.07) is -0.416. The minimum absolute atomic E-state index is 0.416. The third kappa shape index (κ3) is 6.03. The van der Waals surface area contributed by atoms with Crippen LogP contribution < -0.4 is 5.32 Å². The van der Waals surface area contributed by atoms with Crippen LogP contribution in [0.1, 0.15) is 39.5 Å². The lowest BCUT2D eigenvalue weighted by Crippen LogP contribution is -2.47. The number of hydrogen-bond donors (Lipinski definition) is 2. The van der Waals surface area contributed by atoms with Gasteiger partial charge in [-0.1, -0.05) is 13.8 Å². The van der Waals surface area contributed by atoms with Gasteiger partial charge in [-0.2, -0.15) is 0 Å². The summed E-state index contributed by atoms with van der Waals surface area (Å²) in [6.07, 6.45) is 4.70. The minimum atomic E-state index is -0.727. The highest BCUT2D eigenvalue weighted by atomic mass is 16.4. The fourth-order valence-corrected chi connectivity index (χ4v) is 2.05. The standard InChI is InChI=1S/C13H26N2O2/c1-3-7-14-12(13(16)17)10-15(8-4-2)9-11-5-6-11/h11-12,14H,3-10H2,1-2H3,(H,16,17). The smallest absolute Gasteiger partial charge is 0.322 e. The van der Waals surface area contributed by atoms with Crippen molar-refractivity contribution in [1.29, 1.82) is 0 Å². The number of hydrogen-bond acceptors (Lipinski definition) is 3. The van der Waals surface area contributed by atoms with Gasteiger partial charge in [0.05, 0.1) is 0 Å². The molecule has 2 N–H and O–H groups in total. The zero-order valence-electron chi connectivity index (χ0n) is 11.1. The molecule has 0 amide bonds. The molecular weight excluding hydrogens is 216 g/mol. The molecule has 4 nitrogen and oxygen atoms in total. The molecule has 0 heterocycles. The van der Waals surface area contributed by atoms with E-state index in [0.29, 0.717) is 6.54 Å². The Morgan fingerprint density at radius 3 is 2.59 bits per heavy atom. The second-order valence-electron chi connectivity index (χ2n) is 5.05. The van der Waals surface area contributed by atoms with E-state index in [0.717, 1.165) is 38.4 Å². The normalized spacial score (nSPS) is 17.4. The fraction of sp³-hybridized carbons (Fsp3) is 0.923. The van der Waals surface area contributed by atoms with Crippen LogP contribution in [0.3, 0.4) is 0 Å². The molecule has 17 heavy (non-hydrogen) atoms. The Morgan fingerprint density at radius 2 is 2.12 bits per heavy atom. The van der Waals surface area contributed by atoms with Crippen LogP contribution in [0.15, 0.2) is 0 Å². The number of rotatable bonds is 10. The van der Waals surface area contributed by atoms with Crippen molar-refractivity contribution in [2.24, 2.45) is 5.92 Å². The van der Waals surface area contributed by atoms with Gasteiger partial charge in [0.2, 0.25) is 0 Å². The van der Waals surface area contributed by atoms with Crippen molar-refractivity contribution < 1.29 is 9.90 Å². The Kier molecular flexibility index (Phi) is 6.52. The van der Waals surface area contributed by atoms with E-state index in [1.807, 2.05) is 0 Å². The monoisotopic (exact) mass is 242 g/mol. The molecule has 0 aromatic rings. The maximum atomic E-state index is 11.2. The molecular formula is C13H26N2O2. The van der Waals surface area contributed by atoms with Gasteiger partial charge in [0.25, 0.3) is 0 Å². The molecule has 0 bridgehead atoms. The molecule has 1 saturated carbocycles. The summed E-state index contributed by atoms with van der Waals surface area (Å²) in [5.41, 5.74) is 0. The summed E-state index contributed by atoms with van der Waals surface area (Å²) in [5.74, 6) is 0.0949. The first-order chi connectivity index (χ1) is 8.17. The molecule has 1 aliphatic rings. The molecule has 1 rings (SSSR count). The van der Waals surface area contributed by atoms with E-state index in [-0.39, 0.29) is 0 Å². The minimum Gasteiger partial charge on any atom is -0.480 e. The van der Waals surface area contributed by atoms with Crippen molar-refractivity contribution >= 4 is 5.97 Å². The lowest BCUT2D eigenvalue weighted by Gasteiger charge is -2.25. The molecule has 1 unspecified atom stereocenters. The van der Waals surface area contributed by atoms with E-state index in [2.05, 4.69) is 24.1 Å². The van der Waals surface area contributed by atoms with Crippen LogP contribution in [0.2, 0.25) is 0 Å². The van der Waals surface area contributed by atoms with Gasteiger partial charge >= 0.3 is 5.97 Å². The summed E-state index contributed by atoms with van der Waals surface area (Å²) < 4.78 is 0. The Hall–Kier alpha value is -0.610. The molecule has 0 aromatic heterocycles. The molecule has 0 saturated heterocycles. The predicted octanol–water partition coefficient (Wildman–Crippen LogP) is 1.56. The van der Waals surface area contributed by atoms with Crippen molar-refractivity contribution in [3.8, 4) is 0 Å². The third-order valence-electron chi connectivity index (χ3n) is 3.13. The van der Waals surface area contributed by atoms with Gasteiger partial charge in [-0.05, 0) is 44.7 Å². The summed E-state index contributed by atoms with van der Waals surface area (Å²) in [7, 11) is 0. The molecule has 0 aromatic carbocycles. The highest BCUT2D eigenvalue weighted by molar-refractivity contribution is 5.73. The van der Waals surface area contributed by atoms with Crippen molar-refractivity contribution in [2.45, 2.75) is 45.6 Å². The van der Waals surface area contributed by atoms with E-state index in [9.17, 15) is 9.90 Å². The average molecular weight is 242 g/mol. The lowest BCUT2D eigenvalue weighted by molar-refractivity contribution is -0.140. The maximum absolute atomic E-state index is 11.2. The Balaban J connectivity index is 2.38. The predicted molar refractivity (Wildman–Crippen MR) is 69.2 cm³/mol. The van der Waals surface area contributed by atoms with E-state index < -0.39 is 12.0 Å². The van der Waals surface area contributed by atoms with Crippen LogP contribution in [-0.2, 0) is 4.79 Å². The molecule has 100 valence electrons. The van der Waals surface area contributed by atoms with E-state index in [1.165, 1.54) is 12.8 Å². The van der Waals surface area contributed by atoms with Gasteiger partial charge in [0.1, 0.15) is 6.04 Å². The first kappa shape index (κ1) is 14.5. The summed E-state index contributed by atoms with van der Waals surface area (Å²) in [5, 5.41) is 12.3. The largest absolute Gasteiger partial charge is 0.480 e. The third-order valence-corrected chi connectivity index (χ3v) is 3.13. The first-order valence-corrected chi connectivity index (χ1v) is 6.85. The second-order valence-corrected chi connectivity index (χ2v) is 5.05. The van der Waals surface area contributed by atoms with E-state index >= 15 is 0 Å². The second kappa shape index (κ2) is 7.67. The Bertz CT molecular complexity index is 229. The van der Waals surface area contributed by atoms with Gasteiger partial charge in [-0.25, -0.2) is 0 Å². The molecule has 0 aliphatic heterocycles. The van der Waals surface area contributed by atoms with Crippen LogP contribution in [-0.4, -0.2) is 48.2 Å². The summed E-state index contributed by atoms with van der Waals surface area (Å²) >= 11 is 0. The first-order valence-electron chi connectivity index (χ1n) is 6.85. The van der Waals surface area contributed by atoms with Crippen LogP contribution in [0.4, 0.5) is 0 Å². The number of nitrogens with one attached hydrogen (secondary N) is 1. The molecule has 1 aliphatic carbocycles. The SMILES string of the molecule is CCCNC(CN(CCC)CC1CC1)C(=O)O. The van der Waals surface area contributed by atoms with Gasteiger partial charge in [-0.15, -0.1) is 0 Å². The molecule has 1 atom stereocenters. The number of carbonyl (C=O) groups is 1. The van der Waals surface area contributed by atoms with Crippen LogP contribution >= 0.6 is 0 Å². The van der Waals surface area contributed by atoms with Crippen molar-refractivity contribution in [3.05, 3.63) is 0 Å². The highest BCUT2D eigenvalue weighted by Gasteiger charge is 2.26. The highest BCUT2D eigenvalue weighted by Crippen LogP contribution is 2.29. The number of nitrogens with zero attached hydrogens (tertiary/aromatic N) is 1. The summed E-state index contributed by atoms with van der Waals surface area (Å²) in [6.45, 7) is 7.70. The quantitative estimate of drug-likeness (QED) is 0.610. The molecule has 1 fully saturated rings. The zero-order chi connectivity index (χ0) is 12.7.